The van der Waals surface area contributed by atoms with E-state index in [0.29, 0.717) is 27.3 Å². The molecule has 1 amide bonds. The van der Waals surface area contributed by atoms with E-state index in [9.17, 15) is 9.59 Å². The number of halogens is 1. The molecule has 0 aliphatic carbocycles. The average Bonchev–Trinajstić information content (AvgIpc) is 3.05. The lowest BCUT2D eigenvalue weighted by Crippen LogP contribution is -2.40. The Kier molecular flexibility index (Phi) is 4.93. The number of amides is 1. The summed E-state index contributed by atoms with van der Waals surface area (Å²) in [6.45, 7) is 5.12. The molecule has 1 aromatic carbocycles. The van der Waals surface area contributed by atoms with Crippen LogP contribution in [0.1, 0.15) is 30.7 Å². The second kappa shape index (κ2) is 7.39. The minimum Gasteiger partial charge on any atom is -0.341 e. The smallest absolute Gasteiger partial charge is 0.278 e. The van der Waals surface area contributed by atoms with Crippen LogP contribution in [-0.2, 0) is 11.3 Å². The van der Waals surface area contributed by atoms with E-state index in [-0.39, 0.29) is 18.0 Å². The molecule has 0 radical (unpaired) electrons. The maximum Gasteiger partial charge on any atom is 0.278 e. The summed E-state index contributed by atoms with van der Waals surface area (Å²) in [4.78, 5) is 27.5. The van der Waals surface area contributed by atoms with Crippen LogP contribution in [0.2, 0.25) is 5.02 Å². The fraction of sp³-hybridized carbons (Fsp3) is 0.400. The van der Waals surface area contributed by atoms with Crippen LogP contribution in [0, 0.1) is 13.8 Å². The number of likely N-dealkylation sites (tertiary alicyclic amines) is 1. The molecule has 1 aliphatic heterocycles. The number of aryl methyl sites for hydroxylation is 2. The summed E-state index contributed by atoms with van der Waals surface area (Å²) in [5.41, 5.74) is 2.42. The van der Waals surface area contributed by atoms with Crippen LogP contribution in [0.3, 0.4) is 0 Å². The predicted molar refractivity (Wildman–Crippen MR) is 108 cm³/mol. The van der Waals surface area contributed by atoms with E-state index in [0.717, 1.165) is 38.0 Å². The molecule has 0 N–H and O–H groups in total. The van der Waals surface area contributed by atoms with E-state index in [1.165, 1.54) is 4.68 Å². The summed E-state index contributed by atoms with van der Waals surface area (Å²) in [5.74, 6) is -0.0594. The monoisotopic (exact) mass is 399 g/mol. The summed E-state index contributed by atoms with van der Waals surface area (Å²) < 4.78 is 2.99. The topological polar surface area (TPSA) is 73.0 Å². The van der Waals surface area contributed by atoms with Crippen molar-refractivity contribution in [3.8, 4) is 5.69 Å². The summed E-state index contributed by atoms with van der Waals surface area (Å²) in [5, 5.41) is 10.1. The first-order valence-corrected chi connectivity index (χ1v) is 9.84. The van der Waals surface area contributed by atoms with E-state index in [1.54, 1.807) is 16.8 Å². The molecule has 2 aromatic heterocycles. The first-order chi connectivity index (χ1) is 13.5. The fourth-order valence-electron chi connectivity index (χ4n) is 3.73. The maximum atomic E-state index is 13.1. The Morgan fingerprint density at radius 3 is 2.43 bits per heavy atom. The Labute approximate surface area is 167 Å². The molecule has 1 fully saturated rings. The number of piperidine rings is 1. The highest BCUT2D eigenvalue weighted by atomic mass is 35.5. The molecule has 28 heavy (non-hydrogen) atoms. The summed E-state index contributed by atoms with van der Waals surface area (Å²) in [6.07, 6.45) is 3.17. The molecule has 1 saturated heterocycles. The van der Waals surface area contributed by atoms with Crippen LogP contribution < -0.4 is 5.56 Å². The van der Waals surface area contributed by atoms with Crippen molar-refractivity contribution in [3.05, 3.63) is 51.0 Å². The standard InChI is InChI=1S/C20H22ClN5O2/c1-13-19-18(14(2)26(23-19)16-8-6-15(21)7-9-16)20(28)25(22-13)12-17(27)24-10-4-3-5-11-24/h6-9H,3-5,10-12H2,1-2H3. The molecule has 0 bridgehead atoms. The maximum absolute atomic E-state index is 13.1. The Morgan fingerprint density at radius 2 is 1.75 bits per heavy atom. The van der Waals surface area contributed by atoms with Gasteiger partial charge >= 0.3 is 0 Å². The zero-order valence-electron chi connectivity index (χ0n) is 16.0. The molecule has 3 heterocycles. The largest absolute Gasteiger partial charge is 0.341 e. The quantitative estimate of drug-likeness (QED) is 0.678. The lowest BCUT2D eigenvalue weighted by Gasteiger charge is -2.26. The van der Waals surface area contributed by atoms with Gasteiger partial charge in [0.25, 0.3) is 5.56 Å². The minimum absolute atomic E-state index is 0.0405. The molecular weight excluding hydrogens is 378 g/mol. The molecule has 146 valence electrons. The zero-order chi connectivity index (χ0) is 19.8. The number of nitrogens with zero attached hydrogens (tertiary/aromatic N) is 5. The SMILES string of the molecule is Cc1nn(CC(=O)N2CCCCC2)c(=O)c2c(C)n(-c3ccc(Cl)cc3)nc12. The van der Waals surface area contributed by atoms with Gasteiger partial charge in [0.1, 0.15) is 12.1 Å². The number of carbonyl (C=O) groups excluding carboxylic acids is 1. The van der Waals surface area contributed by atoms with Crippen LogP contribution in [0.25, 0.3) is 16.6 Å². The highest BCUT2D eigenvalue weighted by Crippen LogP contribution is 2.21. The van der Waals surface area contributed by atoms with Gasteiger partial charge in [-0.2, -0.15) is 10.2 Å². The number of aromatic nitrogens is 4. The highest BCUT2D eigenvalue weighted by molar-refractivity contribution is 6.30. The van der Waals surface area contributed by atoms with E-state index >= 15 is 0 Å². The lowest BCUT2D eigenvalue weighted by atomic mass is 10.1. The van der Waals surface area contributed by atoms with E-state index < -0.39 is 0 Å². The Morgan fingerprint density at radius 1 is 1.07 bits per heavy atom. The van der Waals surface area contributed by atoms with Gasteiger partial charge in [0, 0.05) is 18.1 Å². The summed E-state index contributed by atoms with van der Waals surface area (Å²) in [7, 11) is 0. The van der Waals surface area contributed by atoms with Crippen molar-refractivity contribution in [2.45, 2.75) is 39.7 Å². The number of benzene rings is 1. The number of fused-ring (bicyclic) bond motifs is 1. The Bertz CT molecular complexity index is 1090. The molecule has 4 rings (SSSR count). The van der Waals surface area contributed by atoms with Crippen LogP contribution in [0.15, 0.2) is 29.1 Å². The van der Waals surface area contributed by atoms with Gasteiger partial charge in [-0.05, 0) is 57.4 Å². The molecule has 8 heteroatoms. The van der Waals surface area contributed by atoms with Gasteiger partial charge in [-0.3, -0.25) is 9.59 Å². The van der Waals surface area contributed by atoms with Gasteiger partial charge in [-0.15, -0.1) is 0 Å². The molecule has 0 spiro atoms. The van der Waals surface area contributed by atoms with Crippen LogP contribution >= 0.6 is 11.6 Å². The Hall–Kier alpha value is -2.67. The second-order valence-corrected chi connectivity index (χ2v) is 7.62. The van der Waals surface area contributed by atoms with Crippen molar-refractivity contribution in [3.63, 3.8) is 0 Å². The Balaban J connectivity index is 1.75. The minimum atomic E-state index is -0.288. The van der Waals surface area contributed by atoms with Gasteiger partial charge in [0.15, 0.2) is 0 Å². The molecule has 0 saturated carbocycles. The van der Waals surface area contributed by atoms with E-state index in [2.05, 4.69) is 10.2 Å². The van der Waals surface area contributed by atoms with Crippen molar-refractivity contribution >= 4 is 28.4 Å². The molecule has 0 atom stereocenters. The van der Waals surface area contributed by atoms with Crippen molar-refractivity contribution in [2.24, 2.45) is 0 Å². The third-order valence-corrected chi connectivity index (χ3v) is 5.49. The average molecular weight is 400 g/mol. The van der Waals surface area contributed by atoms with E-state index in [1.807, 2.05) is 30.9 Å². The molecule has 3 aromatic rings. The predicted octanol–water partition coefficient (Wildman–Crippen LogP) is 2.86. The molecular formula is C20H22ClN5O2. The first-order valence-electron chi connectivity index (χ1n) is 9.46. The van der Waals surface area contributed by atoms with Crippen molar-refractivity contribution < 1.29 is 4.79 Å². The van der Waals surface area contributed by atoms with Crippen molar-refractivity contribution in [1.82, 2.24) is 24.5 Å². The van der Waals surface area contributed by atoms with Crippen LogP contribution in [-0.4, -0.2) is 43.5 Å². The van der Waals surface area contributed by atoms with Gasteiger partial charge < -0.3 is 4.90 Å². The third kappa shape index (κ3) is 3.30. The third-order valence-electron chi connectivity index (χ3n) is 5.24. The molecule has 0 unspecified atom stereocenters. The lowest BCUT2D eigenvalue weighted by molar-refractivity contribution is -0.133. The number of carbonyl (C=O) groups is 1. The number of rotatable bonds is 3. The van der Waals surface area contributed by atoms with Gasteiger partial charge in [0.2, 0.25) is 5.91 Å². The number of hydrogen-bond acceptors (Lipinski definition) is 4. The van der Waals surface area contributed by atoms with Crippen molar-refractivity contribution in [1.29, 1.82) is 0 Å². The second-order valence-electron chi connectivity index (χ2n) is 7.19. The van der Waals surface area contributed by atoms with Gasteiger partial charge in [0.05, 0.1) is 22.5 Å². The fourth-order valence-corrected chi connectivity index (χ4v) is 3.85. The summed E-state index contributed by atoms with van der Waals surface area (Å²) in [6, 6.07) is 7.26. The van der Waals surface area contributed by atoms with E-state index in [4.69, 9.17) is 11.6 Å². The van der Waals surface area contributed by atoms with Gasteiger partial charge in [-0.25, -0.2) is 9.36 Å². The molecule has 7 nitrogen and oxygen atoms in total. The number of hydrogen-bond donors (Lipinski definition) is 0. The highest BCUT2D eigenvalue weighted by Gasteiger charge is 2.21. The van der Waals surface area contributed by atoms with Gasteiger partial charge in [-0.1, -0.05) is 11.6 Å². The van der Waals surface area contributed by atoms with Crippen molar-refractivity contribution in [2.75, 3.05) is 13.1 Å². The normalized spacial score (nSPS) is 14.6. The molecule has 1 aliphatic rings. The zero-order valence-corrected chi connectivity index (χ0v) is 16.7. The first kappa shape index (κ1) is 18.7. The summed E-state index contributed by atoms with van der Waals surface area (Å²) >= 11 is 5.97. The van der Waals surface area contributed by atoms with Crippen LogP contribution in [0.4, 0.5) is 0 Å². The van der Waals surface area contributed by atoms with Crippen LogP contribution in [0.5, 0.6) is 0 Å².